The van der Waals surface area contributed by atoms with E-state index < -0.39 is 18.0 Å². The van der Waals surface area contributed by atoms with Crippen molar-refractivity contribution in [2.24, 2.45) is 5.73 Å². The maximum Gasteiger partial charge on any atom is 0.249 e. The van der Waals surface area contributed by atoms with Gasteiger partial charge in [0.15, 0.2) is 11.9 Å². The second kappa shape index (κ2) is 7.89. The van der Waals surface area contributed by atoms with Crippen molar-refractivity contribution in [2.75, 3.05) is 13.1 Å². The summed E-state index contributed by atoms with van der Waals surface area (Å²) in [5.41, 5.74) is 5.29. The van der Waals surface area contributed by atoms with E-state index in [1.807, 2.05) is 0 Å². The number of carbonyl (C=O) groups excluding carboxylic acids is 2. The Bertz CT molecular complexity index is 615. The number of piperidine rings is 1. The molecule has 2 aliphatic heterocycles. The Balaban J connectivity index is 1.68. The van der Waals surface area contributed by atoms with Crippen LogP contribution in [0.5, 0.6) is 0 Å². The number of hydrogen-bond donors (Lipinski definition) is 4. The molecule has 0 aliphatic carbocycles. The molecular formula is C15H25N6O4+. The molecule has 2 aliphatic rings. The fourth-order valence-electron chi connectivity index (χ4n) is 3.21. The van der Waals surface area contributed by atoms with Crippen LogP contribution in [-0.2, 0) is 9.59 Å². The maximum absolute atomic E-state index is 12.4. The Labute approximate surface area is 144 Å². The summed E-state index contributed by atoms with van der Waals surface area (Å²) < 4.78 is 5.28. The first-order valence-corrected chi connectivity index (χ1v) is 8.63. The molecule has 138 valence electrons. The number of nitrogens with one attached hydrogen (secondary N) is 3. The summed E-state index contributed by atoms with van der Waals surface area (Å²) in [6.45, 7) is 1.37. The first-order valence-electron chi connectivity index (χ1n) is 8.63. The van der Waals surface area contributed by atoms with Crippen molar-refractivity contribution >= 4 is 11.8 Å². The Kier molecular flexibility index (Phi) is 5.61. The Morgan fingerprint density at radius 2 is 2.24 bits per heavy atom. The van der Waals surface area contributed by atoms with Gasteiger partial charge in [-0.2, -0.15) is 4.98 Å². The largest absolute Gasteiger partial charge is 0.442 e. The van der Waals surface area contributed by atoms with Crippen LogP contribution in [-0.4, -0.2) is 52.3 Å². The monoisotopic (exact) mass is 353 g/mol. The van der Waals surface area contributed by atoms with Crippen LogP contribution in [0.1, 0.15) is 55.9 Å². The van der Waals surface area contributed by atoms with E-state index in [1.54, 1.807) is 0 Å². The average molecular weight is 353 g/mol. The predicted molar refractivity (Wildman–Crippen MR) is 87.4 cm³/mol. The van der Waals surface area contributed by atoms with Crippen LogP contribution in [0.15, 0.2) is 4.52 Å². The topological polar surface area (TPSA) is 158 Å². The molecule has 1 aromatic heterocycles. The fourth-order valence-corrected chi connectivity index (χ4v) is 3.21. The van der Waals surface area contributed by atoms with Gasteiger partial charge in [-0.25, -0.2) is 0 Å². The summed E-state index contributed by atoms with van der Waals surface area (Å²) >= 11 is 0. The van der Waals surface area contributed by atoms with Gasteiger partial charge in [0.25, 0.3) is 0 Å². The molecule has 10 heteroatoms. The fraction of sp³-hybridized carbons (Fsp3) is 0.733. The molecule has 0 aromatic carbocycles. The molecule has 0 bridgehead atoms. The number of aromatic nitrogens is 2. The van der Waals surface area contributed by atoms with E-state index in [0.717, 1.165) is 25.8 Å². The van der Waals surface area contributed by atoms with Crippen molar-refractivity contribution in [1.29, 1.82) is 0 Å². The Morgan fingerprint density at radius 1 is 1.40 bits per heavy atom. The molecule has 2 saturated heterocycles. The number of nitrogens with zero attached hydrogens (tertiary/aromatic N) is 2. The van der Waals surface area contributed by atoms with Crippen molar-refractivity contribution in [2.45, 2.75) is 56.3 Å². The molecule has 0 spiro atoms. The highest BCUT2D eigenvalue weighted by Gasteiger charge is 2.34. The van der Waals surface area contributed by atoms with Gasteiger partial charge < -0.3 is 26.0 Å². The zero-order valence-corrected chi connectivity index (χ0v) is 14.0. The molecule has 25 heavy (non-hydrogen) atoms. The predicted octanol–water partition coefficient (Wildman–Crippen LogP) is -1.63. The summed E-state index contributed by atoms with van der Waals surface area (Å²) in [4.78, 5) is 28.1. The van der Waals surface area contributed by atoms with E-state index in [2.05, 4.69) is 26.1 Å². The Morgan fingerprint density at radius 3 is 2.88 bits per heavy atom. The lowest BCUT2D eigenvalue weighted by Gasteiger charge is -2.20. The van der Waals surface area contributed by atoms with Gasteiger partial charge in [-0.1, -0.05) is 11.6 Å². The molecule has 1 aromatic rings. The first-order chi connectivity index (χ1) is 12.0. The number of rotatable bonds is 6. The minimum absolute atomic E-state index is 0.0248. The third-order valence-corrected chi connectivity index (χ3v) is 4.55. The molecule has 2 amide bonds. The lowest BCUT2D eigenvalue weighted by Crippen LogP contribution is -2.43. The van der Waals surface area contributed by atoms with Crippen molar-refractivity contribution in [1.82, 2.24) is 26.1 Å². The Hall–Kier alpha value is -2.04. The van der Waals surface area contributed by atoms with Crippen LogP contribution < -0.4 is 21.7 Å². The van der Waals surface area contributed by atoms with Crippen LogP contribution in [0.4, 0.5) is 0 Å². The lowest BCUT2D eigenvalue weighted by atomic mass is 10.0. The molecule has 2 fully saturated rings. The van der Waals surface area contributed by atoms with Crippen LogP contribution >= 0.6 is 0 Å². The summed E-state index contributed by atoms with van der Waals surface area (Å²) in [5, 5.41) is 20.7. The van der Waals surface area contributed by atoms with Gasteiger partial charge in [-0.05, 0) is 19.4 Å². The van der Waals surface area contributed by atoms with E-state index in [4.69, 9.17) is 15.4 Å². The minimum atomic E-state index is -0.763. The standard InChI is InChI=1S/C15H24N6O4/c16-12(23)6-11(19-14(24)10-5-8(22)7-18-10)15-20-13(21-25-15)9-3-1-2-4-17-9/h8-11,17-18,22H,1-7H2,(H2,16,23)(H,19,24)/p+1/t8-,9-,10-,11-/m0/s1. The van der Waals surface area contributed by atoms with Gasteiger partial charge in [0.2, 0.25) is 17.7 Å². The van der Waals surface area contributed by atoms with Gasteiger partial charge >= 0.3 is 0 Å². The molecule has 7 N–H and O–H groups in total. The van der Waals surface area contributed by atoms with Crippen LogP contribution in [0.3, 0.4) is 0 Å². The molecule has 4 atom stereocenters. The smallest absolute Gasteiger partial charge is 0.249 e. The number of carbonyl (C=O) groups is 2. The van der Waals surface area contributed by atoms with Crippen LogP contribution in [0.25, 0.3) is 0 Å². The molecule has 0 radical (unpaired) electrons. The zero-order chi connectivity index (χ0) is 17.8. The molecule has 10 nitrogen and oxygen atoms in total. The molecule has 3 rings (SSSR count). The molecular weight excluding hydrogens is 328 g/mol. The highest BCUT2D eigenvalue weighted by atomic mass is 16.5. The third-order valence-electron chi connectivity index (χ3n) is 4.55. The number of primary amides is 1. The highest BCUT2D eigenvalue weighted by Crippen LogP contribution is 2.23. The van der Waals surface area contributed by atoms with E-state index in [1.165, 1.54) is 0 Å². The zero-order valence-electron chi connectivity index (χ0n) is 14.0. The molecule has 3 heterocycles. The third kappa shape index (κ3) is 4.53. The minimum Gasteiger partial charge on any atom is -0.442 e. The maximum atomic E-state index is 12.4. The summed E-state index contributed by atoms with van der Waals surface area (Å²) in [6.07, 6.45) is 3.12. The number of hydrogen-bond acceptors (Lipinski definition) is 7. The second-order valence-corrected chi connectivity index (χ2v) is 6.62. The van der Waals surface area contributed by atoms with Crippen molar-refractivity contribution < 1.29 is 19.2 Å². The first kappa shape index (κ1) is 17.8. The van der Waals surface area contributed by atoms with Crippen molar-refractivity contribution in [3.8, 4) is 0 Å². The summed E-state index contributed by atoms with van der Waals surface area (Å²) in [7, 11) is 0. The van der Waals surface area contributed by atoms with Gasteiger partial charge in [0, 0.05) is 6.42 Å². The van der Waals surface area contributed by atoms with Gasteiger partial charge in [-0.3, -0.25) is 14.9 Å². The summed E-state index contributed by atoms with van der Waals surface area (Å²) in [5.74, 6) is -0.159. The normalized spacial score (nSPS) is 27.8. The SMILES string of the molecule is NC(=O)C[C@H](NC(=O)[C@@H]1C[C@H]([OH2+])CN1)c1nc([C@@H]2CCCCN2)no1. The van der Waals surface area contributed by atoms with Crippen molar-refractivity contribution in [3.05, 3.63) is 11.7 Å². The molecule has 0 saturated carbocycles. The average Bonchev–Trinajstić information content (AvgIpc) is 3.24. The highest BCUT2D eigenvalue weighted by molar-refractivity contribution is 5.83. The van der Waals surface area contributed by atoms with Crippen LogP contribution in [0.2, 0.25) is 0 Å². The quantitative estimate of drug-likeness (QED) is 0.447. The summed E-state index contributed by atoms with van der Waals surface area (Å²) in [6, 6.07) is -1.20. The lowest BCUT2D eigenvalue weighted by molar-refractivity contribution is -0.124. The van der Waals surface area contributed by atoms with E-state index in [9.17, 15) is 9.59 Å². The van der Waals surface area contributed by atoms with Crippen molar-refractivity contribution in [3.63, 3.8) is 0 Å². The van der Waals surface area contributed by atoms with E-state index >= 15 is 0 Å². The van der Waals surface area contributed by atoms with E-state index in [-0.39, 0.29) is 30.4 Å². The number of nitrogens with two attached hydrogens (primary N) is 1. The van der Waals surface area contributed by atoms with Gasteiger partial charge in [0.05, 0.1) is 25.0 Å². The van der Waals surface area contributed by atoms with Gasteiger partial charge in [-0.15, -0.1) is 0 Å². The number of amides is 2. The van der Waals surface area contributed by atoms with Crippen LogP contribution in [0, 0.1) is 0 Å². The second-order valence-electron chi connectivity index (χ2n) is 6.62. The molecule has 0 unspecified atom stereocenters. The van der Waals surface area contributed by atoms with E-state index in [0.29, 0.717) is 18.8 Å². The van der Waals surface area contributed by atoms with Gasteiger partial charge in [0.1, 0.15) is 6.04 Å².